The number of nitro benzene ring substituents is 1. The Morgan fingerprint density at radius 2 is 2.03 bits per heavy atom. The van der Waals surface area contributed by atoms with E-state index in [1.807, 2.05) is 0 Å². The van der Waals surface area contributed by atoms with Gasteiger partial charge < -0.3 is 14.4 Å². The fourth-order valence-electron chi connectivity index (χ4n) is 2.29. The van der Waals surface area contributed by atoms with E-state index >= 15 is 0 Å². The zero-order chi connectivity index (χ0) is 21.2. The Balaban J connectivity index is 2.07. The first kappa shape index (κ1) is 22.2. The molecule has 0 fully saturated rings. The van der Waals surface area contributed by atoms with Gasteiger partial charge in [-0.25, -0.2) is 9.78 Å². The quantitative estimate of drug-likeness (QED) is 0.252. The van der Waals surface area contributed by atoms with Crippen molar-refractivity contribution >= 4 is 35.0 Å². The van der Waals surface area contributed by atoms with E-state index < -0.39 is 10.9 Å². The van der Waals surface area contributed by atoms with Crippen molar-refractivity contribution in [1.29, 1.82) is 0 Å². The van der Waals surface area contributed by atoms with Crippen molar-refractivity contribution in [2.45, 2.75) is 13.5 Å². The molecule has 0 spiro atoms. The van der Waals surface area contributed by atoms with Gasteiger partial charge in [0.2, 0.25) is 5.91 Å². The van der Waals surface area contributed by atoms with Crippen LogP contribution in [0, 0.1) is 10.1 Å². The number of amides is 1. The minimum atomic E-state index is -0.497. The molecule has 154 valence electrons. The number of ether oxygens (including phenoxy) is 2. The Hall–Kier alpha value is -3.11. The standard InChI is InChI=1S/C19H21N3O6S/c1-3-28-19(24)16-13-29-17(20-16)12-21(10-11-27-2)18(23)9-6-14-4-7-15(8-5-14)22(25)26/h4-9,13H,3,10-12H2,1-2H3. The summed E-state index contributed by atoms with van der Waals surface area (Å²) in [5.74, 6) is -0.767. The number of non-ortho nitro benzene ring substituents is 1. The van der Waals surface area contributed by atoms with Crippen molar-refractivity contribution in [3.63, 3.8) is 0 Å². The van der Waals surface area contributed by atoms with Gasteiger partial charge >= 0.3 is 5.97 Å². The monoisotopic (exact) mass is 419 g/mol. The molecule has 0 aliphatic rings. The van der Waals surface area contributed by atoms with Crippen molar-refractivity contribution in [2.75, 3.05) is 26.9 Å². The summed E-state index contributed by atoms with van der Waals surface area (Å²) in [5.41, 5.74) is 0.860. The van der Waals surface area contributed by atoms with Crippen LogP contribution in [0.5, 0.6) is 0 Å². The van der Waals surface area contributed by atoms with E-state index in [-0.39, 0.29) is 30.4 Å². The number of rotatable bonds is 10. The van der Waals surface area contributed by atoms with Crippen molar-refractivity contribution in [3.8, 4) is 0 Å². The number of aromatic nitrogens is 1. The molecule has 0 unspecified atom stereocenters. The van der Waals surface area contributed by atoms with Crippen molar-refractivity contribution < 1.29 is 24.0 Å². The highest BCUT2D eigenvalue weighted by Crippen LogP contribution is 2.15. The van der Waals surface area contributed by atoms with Gasteiger partial charge in [0, 0.05) is 37.2 Å². The van der Waals surface area contributed by atoms with Crippen molar-refractivity contribution in [1.82, 2.24) is 9.88 Å². The molecule has 2 rings (SSSR count). The summed E-state index contributed by atoms with van der Waals surface area (Å²) in [6, 6.07) is 5.88. The van der Waals surface area contributed by atoms with E-state index in [4.69, 9.17) is 9.47 Å². The molecule has 10 heteroatoms. The van der Waals surface area contributed by atoms with Gasteiger partial charge in [0.05, 0.1) is 24.7 Å². The Labute approximate surface area is 171 Å². The number of carbonyl (C=O) groups is 2. The van der Waals surface area contributed by atoms with Crippen LogP contribution in [0.1, 0.15) is 28.0 Å². The second-order valence-electron chi connectivity index (χ2n) is 5.78. The van der Waals surface area contributed by atoms with E-state index in [0.29, 0.717) is 23.7 Å². The van der Waals surface area contributed by atoms with E-state index in [1.54, 1.807) is 35.4 Å². The van der Waals surface area contributed by atoms with E-state index in [9.17, 15) is 19.7 Å². The highest BCUT2D eigenvalue weighted by Gasteiger charge is 2.16. The van der Waals surface area contributed by atoms with Crippen LogP contribution in [0.25, 0.3) is 6.08 Å². The Bertz CT molecular complexity index is 878. The summed E-state index contributed by atoms with van der Waals surface area (Å²) >= 11 is 1.27. The minimum Gasteiger partial charge on any atom is -0.461 e. The normalized spacial score (nSPS) is 10.8. The molecule has 9 nitrogen and oxygen atoms in total. The number of methoxy groups -OCH3 is 1. The van der Waals surface area contributed by atoms with Crippen LogP contribution in [0.2, 0.25) is 0 Å². The molecule has 0 radical (unpaired) electrons. The van der Waals surface area contributed by atoms with Crippen LogP contribution < -0.4 is 0 Å². The Morgan fingerprint density at radius 1 is 1.31 bits per heavy atom. The fraction of sp³-hybridized carbons (Fsp3) is 0.316. The maximum Gasteiger partial charge on any atom is 0.357 e. The van der Waals surface area contributed by atoms with Gasteiger partial charge in [-0.15, -0.1) is 11.3 Å². The smallest absolute Gasteiger partial charge is 0.357 e. The summed E-state index contributed by atoms with van der Waals surface area (Å²) in [5, 5.41) is 12.9. The molecule has 1 aromatic carbocycles. The number of nitro groups is 1. The van der Waals surface area contributed by atoms with E-state index in [1.165, 1.54) is 36.7 Å². The lowest BCUT2D eigenvalue weighted by molar-refractivity contribution is -0.384. The number of nitrogens with zero attached hydrogens (tertiary/aromatic N) is 3. The van der Waals surface area contributed by atoms with Gasteiger partial charge in [-0.05, 0) is 30.7 Å². The van der Waals surface area contributed by atoms with Gasteiger partial charge in [-0.2, -0.15) is 0 Å². The van der Waals surface area contributed by atoms with Gasteiger partial charge in [0.15, 0.2) is 5.69 Å². The number of hydrogen-bond donors (Lipinski definition) is 0. The number of thiazole rings is 1. The number of esters is 1. The second kappa shape index (κ2) is 11.0. The molecule has 0 saturated heterocycles. The van der Waals surface area contributed by atoms with E-state index in [2.05, 4.69) is 4.98 Å². The lowest BCUT2D eigenvalue weighted by atomic mass is 10.2. The summed E-state index contributed by atoms with van der Waals surface area (Å²) < 4.78 is 9.98. The SMILES string of the molecule is CCOC(=O)c1csc(CN(CCOC)C(=O)C=Cc2ccc([N+](=O)[O-])cc2)n1. The summed E-state index contributed by atoms with van der Waals surface area (Å²) in [6.07, 6.45) is 2.97. The zero-order valence-electron chi connectivity index (χ0n) is 16.1. The molecule has 29 heavy (non-hydrogen) atoms. The Kier molecular flexibility index (Phi) is 8.44. The fourth-order valence-corrected chi connectivity index (χ4v) is 3.07. The summed E-state index contributed by atoms with van der Waals surface area (Å²) in [7, 11) is 1.54. The van der Waals surface area contributed by atoms with Crippen LogP contribution in [0.4, 0.5) is 5.69 Å². The Morgan fingerprint density at radius 3 is 2.66 bits per heavy atom. The maximum absolute atomic E-state index is 12.6. The predicted molar refractivity (Wildman–Crippen MR) is 107 cm³/mol. The molecule has 0 bridgehead atoms. The molecule has 1 amide bonds. The number of carbonyl (C=O) groups excluding carboxylic acids is 2. The van der Waals surface area contributed by atoms with Gasteiger partial charge in [0.1, 0.15) is 5.01 Å². The average Bonchev–Trinajstić information content (AvgIpc) is 3.18. The highest BCUT2D eigenvalue weighted by atomic mass is 32.1. The number of benzene rings is 1. The third-order valence-corrected chi connectivity index (χ3v) is 4.60. The molecule has 0 N–H and O–H groups in total. The number of hydrogen-bond acceptors (Lipinski definition) is 8. The van der Waals surface area contributed by atoms with Crippen LogP contribution in [-0.2, 0) is 20.8 Å². The van der Waals surface area contributed by atoms with Gasteiger partial charge in [0.25, 0.3) is 5.69 Å². The van der Waals surface area contributed by atoms with Crippen LogP contribution in [-0.4, -0.2) is 53.6 Å². The molecule has 0 atom stereocenters. The average molecular weight is 419 g/mol. The molecular weight excluding hydrogens is 398 g/mol. The lowest BCUT2D eigenvalue weighted by Crippen LogP contribution is -2.32. The predicted octanol–water partition coefficient (Wildman–Crippen LogP) is 2.92. The van der Waals surface area contributed by atoms with Crippen LogP contribution in [0.15, 0.2) is 35.7 Å². The molecule has 1 heterocycles. The topological polar surface area (TPSA) is 112 Å². The van der Waals surface area contributed by atoms with Crippen LogP contribution >= 0.6 is 11.3 Å². The first-order valence-corrected chi connectivity index (χ1v) is 9.64. The molecule has 1 aromatic heterocycles. The molecular formula is C19H21N3O6S. The largest absolute Gasteiger partial charge is 0.461 e. The minimum absolute atomic E-state index is 0.0172. The maximum atomic E-state index is 12.6. The molecule has 0 aliphatic heterocycles. The van der Waals surface area contributed by atoms with Gasteiger partial charge in [-0.3, -0.25) is 14.9 Å². The second-order valence-corrected chi connectivity index (χ2v) is 6.72. The van der Waals surface area contributed by atoms with Crippen molar-refractivity contribution in [3.05, 3.63) is 62.1 Å². The van der Waals surface area contributed by atoms with Gasteiger partial charge in [-0.1, -0.05) is 0 Å². The summed E-state index contributed by atoms with van der Waals surface area (Å²) in [6.45, 7) is 2.88. The highest BCUT2D eigenvalue weighted by molar-refractivity contribution is 7.09. The molecule has 0 aliphatic carbocycles. The summed E-state index contributed by atoms with van der Waals surface area (Å²) in [4.78, 5) is 40.3. The zero-order valence-corrected chi connectivity index (χ0v) is 16.9. The third kappa shape index (κ3) is 6.77. The first-order chi connectivity index (χ1) is 13.9. The lowest BCUT2D eigenvalue weighted by Gasteiger charge is -2.19. The van der Waals surface area contributed by atoms with Crippen molar-refractivity contribution in [2.24, 2.45) is 0 Å². The third-order valence-electron chi connectivity index (χ3n) is 3.76. The first-order valence-electron chi connectivity index (χ1n) is 8.76. The van der Waals surface area contributed by atoms with Crippen LogP contribution in [0.3, 0.4) is 0 Å². The molecule has 2 aromatic rings. The molecule has 0 saturated carbocycles. The van der Waals surface area contributed by atoms with E-state index in [0.717, 1.165) is 0 Å².